The number of aromatic nitrogens is 2. The Balaban J connectivity index is 1.96. The van der Waals surface area contributed by atoms with Gasteiger partial charge in [0, 0.05) is 12.6 Å². The van der Waals surface area contributed by atoms with Gasteiger partial charge in [0.05, 0.1) is 18.1 Å². The van der Waals surface area contributed by atoms with E-state index < -0.39 is 0 Å². The summed E-state index contributed by atoms with van der Waals surface area (Å²) in [4.78, 5) is 10.5. The van der Waals surface area contributed by atoms with Crippen molar-refractivity contribution in [3.8, 4) is 0 Å². The lowest BCUT2D eigenvalue weighted by Gasteiger charge is -2.14. The van der Waals surface area contributed by atoms with Crippen LogP contribution in [0.4, 0.5) is 0 Å². The van der Waals surface area contributed by atoms with Crippen molar-refractivity contribution in [2.24, 2.45) is 0 Å². The summed E-state index contributed by atoms with van der Waals surface area (Å²) in [7, 11) is 2.12. The molecule has 1 aromatic heterocycles. The van der Waals surface area contributed by atoms with Crippen molar-refractivity contribution < 1.29 is 0 Å². The lowest BCUT2D eigenvalue weighted by molar-refractivity contribution is 0.312. The van der Waals surface area contributed by atoms with E-state index in [2.05, 4.69) is 21.9 Å². The van der Waals surface area contributed by atoms with Gasteiger partial charge in [-0.15, -0.1) is 0 Å². The number of hydrogen-bond acceptors (Lipinski definition) is 3. The zero-order valence-corrected chi connectivity index (χ0v) is 8.33. The molecule has 1 fully saturated rings. The highest BCUT2D eigenvalue weighted by Gasteiger charge is 2.26. The second-order valence-corrected chi connectivity index (χ2v) is 3.86. The van der Waals surface area contributed by atoms with E-state index in [9.17, 15) is 0 Å². The van der Waals surface area contributed by atoms with Crippen LogP contribution in [0.3, 0.4) is 0 Å². The summed E-state index contributed by atoms with van der Waals surface area (Å²) >= 11 is 5.64. The van der Waals surface area contributed by atoms with Crippen LogP contribution in [0.5, 0.6) is 0 Å². The third-order valence-corrected chi connectivity index (χ3v) is 2.45. The van der Waals surface area contributed by atoms with Crippen molar-refractivity contribution in [3.05, 3.63) is 23.2 Å². The fraction of sp³-hybridized carbons (Fsp3) is 0.556. The van der Waals surface area contributed by atoms with Gasteiger partial charge in [-0.1, -0.05) is 11.6 Å². The predicted molar refractivity (Wildman–Crippen MR) is 51.5 cm³/mol. The van der Waals surface area contributed by atoms with Gasteiger partial charge < -0.3 is 0 Å². The molecule has 0 saturated heterocycles. The maximum Gasteiger partial charge on any atom is 0.147 e. The molecule has 1 saturated carbocycles. The molecule has 0 spiro atoms. The zero-order valence-electron chi connectivity index (χ0n) is 7.57. The van der Waals surface area contributed by atoms with Gasteiger partial charge in [0.2, 0.25) is 0 Å². The summed E-state index contributed by atoms with van der Waals surface area (Å²) < 4.78 is 0. The first-order valence-electron chi connectivity index (χ1n) is 4.42. The van der Waals surface area contributed by atoms with E-state index in [1.54, 1.807) is 12.4 Å². The first-order valence-corrected chi connectivity index (χ1v) is 4.80. The van der Waals surface area contributed by atoms with Gasteiger partial charge in [0.25, 0.3) is 0 Å². The topological polar surface area (TPSA) is 29.0 Å². The molecule has 1 aromatic rings. The number of nitrogens with zero attached hydrogens (tertiary/aromatic N) is 3. The summed E-state index contributed by atoms with van der Waals surface area (Å²) in [5, 5.41) is 0.456. The minimum absolute atomic E-state index is 0.456. The molecule has 2 rings (SSSR count). The molecule has 3 nitrogen and oxygen atoms in total. The van der Waals surface area contributed by atoms with E-state index >= 15 is 0 Å². The highest BCUT2D eigenvalue weighted by Crippen LogP contribution is 2.26. The van der Waals surface area contributed by atoms with Crippen LogP contribution in [0.15, 0.2) is 12.4 Å². The van der Waals surface area contributed by atoms with Crippen LogP contribution in [-0.4, -0.2) is 28.0 Å². The van der Waals surface area contributed by atoms with E-state index in [0.29, 0.717) is 5.15 Å². The fourth-order valence-electron chi connectivity index (χ4n) is 1.32. The van der Waals surface area contributed by atoms with E-state index in [-0.39, 0.29) is 0 Å². The molecule has 0 unspecified atom stereocenters. The van der Waals surface area contributed by atoms with Crippen molar-refractivity contribution in [2.75, 3.05) is 7.05 Å². The van der Waals surface area contributed by atoms with E-state index in [1.165, 1.54) is 12.8 Å². The molecule has 0 amide bonds. The number of halogens is 1. The second kappa shape index (κ2) is 3.60. The maximum absolute atomic E-state index is 5.64. The summed E-state index contributed by atoms with van der Waals surface area (Å²) in [5.74, 6) is 0. The molecule has 0 aromatic carbocycles. The van der Waals surface area contributed by atoms with Crippen molar-refractivity contribution >= 4 is 11.6 Å². The average Bonchev–Trinajstić information content (AvgIpc) is 2.91. The van der Waals surface area contributed by atoms with Crippen molar-refractivity contribution in [1.29, 1.82) is 0 Å². The molecular weight excluding hydrogens is 186 g/mol. The summed E-state index contributed by atoms with van der Waals surface area (Å²) in [6.45, 7) is 0.870. The molecule has 1 aliphatic rings. The van der Waals surface area contributed by atoms with Crippen molar-refractivity contribution in [2.45, 2.75) is 25.4 Å². The van der Waals surface area contributed by atoms with Gasteiger partial charge >= 0.3 is 0 Å². The van der Waals surface area contributed by atoms with Gasteiger partial charge in [-0.25, -0.2) is 4.98 Å². The van der Waals surface area contributed by atoms with Crippen molar-refractivity contribution in [3.63, 3.8) is 0 Å². The van der Waals surface area contributed by atoms with Crippen LogP contribution < -0.4 is 0 Å². The first-order chi connectivity index (χ1) is 6.25. The van der Waals surface area contributed by atoms with Crippen LogP contribution >= 0.6 is 11.6 Å². The maximum atomic E-state index is 5.64. The van der Waals surface area contributed by atoms with E-state index in [0.717, 1.165) is 18.3 Å². The Hall–Kier alpha value is -0.670. The van der Waals surface area contributed by atoms with Gasteiger partial charge in [0.15, 0.2) is 0 Å². The zero-order chi connectivity index (χ0) is 9.26. The van der Waals surface area contributed by atoms with Crippen molar-refractivity contribution in [1.82, 2.24) is 14.9 Å². The quantitative estimate of drug-likeness (QED) is 0.739. The van der Waals surface area contributed by atoms with Gasteiger partial charge in [-0.05, 0) is 19.9 Å². The molecule has 0 bridgehead atoms. The van der Waals surface area contributed by atoms with Crippen LogP contribution in [0, 0.1) is 0 Å². The normalized spacial score (nSPS) is 16.5. The SMILES string of the molecule is CN(Cc1cnc(Cl)cn1)C1CC1. The molecule has 13 heavy (non-hydrogen) atoms. The van der Waals surface area contributed by atoms with Crippen LogP contribution in [0.1, 0.15) is 18.5 Å². The third-order valence-electron chi connectivity index (χ3n) is 2.26. The number of rotatable bonds is 3. The Kier molecular flexibility index (Phi) is 2.47. The molecule has 4 heteroatoms. The molecule has 1 heterocycles. The minimum Gasteiger partial charge on any atom is -0.298 e. The molecule has 0 N–H and O–H groups in total. The molecule has 0 aliphatic heterocycles. The highest BCUT2D eigenvalue weighted by molar-refractivity contribution is 6.29. The molecule has 0 atom stereocenters. The van der Waals surface area contributed by atoms with Gasteiger partial charge in [-0.3, -0.25) is 9.88 Å². The third kappa shape index (κ3) is 2.39. The lowest BCUT2D eigenvalue weighted by Crippen LogP contribution is -2.20. The first kappa shape index (κ1) is 8.91. The summed E-state index contributed by atoms with van der Waals surface area (Å²) in [5.41, 5.74) is 0.985. The van der Waals surface area contributed by atoms with Gasteiger partial charge in [0.1, 0.15) is 5.15 Å². The Morgan fingerprint density at radius 3 is 2.77 bits per heavy atom. The summed E-state index contributed by atoms with van der Waals surface area (Å²) in [6.07, 6.45) is 5.97. The Morgan fingerprint density at radius 2 is 2.23 bits per heavy atom. The number of hydrogen-bond donors (Lipinski definition) is 0. The van der Waals surface area contributed by atoms with Crippen LogP contribution in [-0.2, 0) is 6.54 Å². The Bertz CT molecular complexity index is 281. The van der Waals surface area contributed by atoms with E-state index in [4.69, 9.17) is 11.6 Å². The molecule has 70 valence electrons. The molecule has 1 aliphatic carbocycles. The smallest absolute Gasteiger partial charge is 0.147 e. The lowest BCUT2D eigenvalue weighted by atomic mass is 10.4. The van der Waals surface area contributed by atoms with E-state index in [1.807, 2.05) is 0 Å². The molecular formula is C9H12ClN3. The van der Waals surface area contributed by atoms with Crippen LogP contribution in [0.2, 0.25) is 5.15 Å². The predicted octanol–water partition coefficient (Wildman–Crippen LogP) is 1.72. The standard InChI is InChI=1S/C9H12ClN3/c1-13(8-2-3-8)6-7-4-12-9(10)5-11-7/h4-5,8H,2-3,6H2,1H3. The monoisotopic (exact) mass is 197 g/mol. The largest absolute Gasteiger partial charge is 0.298 e. The van der Waals surface area contributed by atoms with Crippen LogP contribution in [0.25, 0.3) is 0 Å². The van der Waals surface area contributed by atoms with Gasteiger partial charge in [-0.2, -0.15) is 0 Å². The Morgan fingerprint density at radius 1 is 1.46 bits per heavy atom. The summed E-state index contributed by atoms with van der Waals surface area (Å²) in [6, 6.07) is 0.762. The Labute approximate surface area is 82.8 Å². The minimum atomic E-state index is 0.456. The second-order valence-electron chi connectivity index (χ2n) is 3.48. The average molecular weight is 198 g/mol. The molecule has 0 radical (unpaired) electrons. The highest BCUT2D eigenvalue weighted by atomic mass is 35.5. The fourth-order valence-corrected chi connectivity index (χ4v) is 1.42.